The van der Waals surface area contributed by atoms with Gasteiger partial charge in [-0.1, -0.05) is 6.07 Å². The van der Waals surface area contributed by atoms with Crippen LogP contribution in [0.3, 0.4) is 0 Å². The van der Waals surface area contributed by atoms with Crippen molar-refractivity contribution in [3.63, 3.8) is 0 Å². The number of nitrogens with one attached hydrogen (secondary N) is 1. The fourth-order valence-corrected chi connectivity index (χ4v) is 3.09. The molecule has 2 aromatic heterocycles. The highest BCUT2D eigenvalue weighted by molar-refractivity contribution is 5.74. The van der Waals surface area contributed by atoms with Gasteiger partial charge < -0.3 is 19.9 Å². The number of methoxy groups -OCH3 is 1. The molecule has 0 saturated carbocycles. The monoisotopic (exact) mass is 370 g/mol. The summed E-state index contributed by atoms with van der Waals surface area (Å²) in [6.07, 6.45) is 2.40. The molecular formula is C19H26N6O2. The summed E-state index contributed by atoms with van der Waals surface area (Å²) >= 11 is 0. The number of anilines is 1. The van der Waals surface area contributed by atoms with Crippen LogP contribution in [0, 0.1) is 6.92 Å². The van der Waals surface area contributed by atoms with Crippen molar-refractivity contribution >= 4 is 12.0 Å². The number of hydrogen-bond donors (Lipinski definition) is 1. The van der Waals surface area contributed by atoms with Gasteiger partial charge in [-0.15, -0.1) is 0 Å². The summed E-state index contributed by atoms with van der Waals surface area (Å²) in [4.78, 5) is 29.6. The van der Waals surface area contributed by atoms with Crippen LogP contribution in [0.15, 0.2) is 30.5 Å². The number of carbonyl (C=O) groups excluding carboxylic acids is 1. The van der Waals surface area contributed by atoms with Crippen LogP contribution >= 0.6 is 0 Å². The molecule has 144 valence electrons. The average molecular weight is 370 g/mol. The molecule has 1 aliphatic rings. The van der Waals surface area contributed by atoms with Crippen molar-refractivity contribution in [2.24, 2.45) is 0 Å². The van der Waals surface area contributed by atoms with Crippen molar-refractivity contribution in [1.29, 1.82) is 0 Å². The number of rotatable bonds is 5. The van der Waals surface area contributed by atoms with Crippen LogP contribution in [-0.2, 0) is 6.42 Å². The van der Waals surface area contributed by atoms with E-state index in [9.17, 15) is 4.79 Å². The number of hydrogen-bond acceptors (Lipinski definition) is 6. The first-order chi connectivity index (χ1) is 13.0. The Kier molecular flexibility index (Phi) is 6.05. The highest BCUT2D eigenvalue weighted by Crippen LogP contribution is 2.14. The summed E-state index contributed by atoms with van der Waals surface area (Å²) in [6.45, 7) is 6.60. The second kappa shape index (κ2) is 8.66. The Labute approximate surface area is 159 Å². The summed E-state index contributed by atoms with van der Waals surface area (Å²) in [5.74, 6) is 1.17. The van der Waals surface area contributed by atoms with Gasteiger partial charge in [0.05, 0.1) is 7.11 Å². The number of aromatic nitrogens is 3. The van der Waals surface area contributed by atoms with Crippen molar-refractivity contribution in [1.82, 2.24) is 25.2 Å². The fraction of sp³-hybridized carbons (Fsp3) is 0.474. The predicted octanol–water partition coefficient (Wildman–Crippen LogP) is 1.65. The second-order valence-electron chi connectivity index (χ2n) is 6.70. The van der Waals surface area contributed by atoms with Gasteiger partial charge in [0.1, 0.15) is 0 Å². The third-order valence-corrected chi connectivity index (χ3v) is 4.51. The number of nitrogens with zero attached hydrogens (tertiary/aromatic N) is 5. The minimum absolute atomic E-state index is 0.0200. The molecule has 0 aliphatic carbocycles. The molecule has 3 heterocycles. The Morgan fingerprint density at radius 1 is 1.22 bits per heavy atom. The van der Waals surface area contributed by atoms with Gasteiger partial charge in [-0.05, 0) is 26.0 Å². The van der Waals surface area contributed by atoms with Gasteiger partial charge in [0.2, 0.25) is 11.8 Å². The van der Waals surface area contributed by atoms with E-state index in [4.69, 9.17) is 4.74 Å². The normalized spacial score (nSPS) is 15.4. The fourth-order valence-electron chi connectivity index (χ4n) is 3.09. The first-order valence-corrected chi connectivity index (χ1v) is 9.15. The first kappa shape index (κ1) is 18.9. The molecule has 0 spiro atoms. The Bertz CT molecular complexity index is 776. The van der Waals surface area contributed by atoms with E-state index >= 15 is 0 Å². The molecule has 1 fully saturated rings. The lowest BCUT2D eigenvalue weighted by molar-refractivity contribution is 0.190. The predicted molar refractivity (Wildman–Crippen MR) is 103 cm³/mol. The minimum atomic E-state index is -0.0404. The molecule has 1 N–H and O–H groups in total. The van der Waals surface area contributed by atoms with E-state index in [1.807, 2.05) is 36.9 Å². The molecule has 3 rings (SSSR count). The number of amides is 2. The quantitative estimate of drug-likeness (QED) is 0.862. The summed E-state index contributed by atoms with van der Waals surface area (Å²) in [5.41, 5.74) is 1.98. The van der Waals surface area contributed by atoms with Crippen LogP contribution in [0.5, 0.6) is 5.88 Å². The highest BCUT2D eigenvalue weighted by atomic mass is 16.5. The summed E-state index contributed by atoms with van der Waals surface area (Å²) < 4.78 is 5.15. The van der Waals surface area contributed by atoms with Crippen LogP contribution in [0.25, 0.3) is 0 Å². The lowest BCUT2D eigenvalue weighted by Crippen LogP contribution is -2.53. The number of pyridine rings is 1. The summed E-state index contributed by atoms with van der Waals surface area (Å²) in [6, 6.07) is 7.65. The van der Waals surface area contributed by atoms with Crippen molar-refractivity contribution in [2.45, 2.75) is 26.3 Å². The number of aryl methyl sites for hydroxylation is 1. The Balaban J connectivity index is 1.49. The molecule has 27 heavy (non-hydrogen) atoms. The molecule has 8 heteroatoms. The SMILES string of the molecule is COc1ccnc(N2CCN(C(=O)N[C@@H](C)Cc3cccc(C)n3)CC2)n1. The van der Waals surface area contributed by atoms with E-state index in [0.29, 0.717) is 44.4 Å². The zero-order valence-electron chi connectivity index (χ0n) is 16.1. The van der Waals surface area contributed by atoms with Crippen molar-refractivity contribution < 1.29 is 9.53 Å². The Morgan fingerprint density at radius 2 is 2.00 bits per heavy atom. The average Bonchev–Trinajstić information content (AvgIpc) is 2.68. The number of piperazine rings is 1. The van der Waals surface area contributed by atoms with Crippen LogP contribution in [0.4, 0.5) is 10.7 Å². The van der Waals surface area contributed by atoms with Gasteiger partial charge in [-0.2, -0.15) is 4.98 Å². The molecule has 1 aliphatic heterocycles. The van der Waals surface area contributed by atoms with Crippen LogP contribution in [-0.4, -0.2) is 65.2 Å². The van der Waals surface area contributed by atoms with Gasteiger partial charge in [0.15, 0.2) is 0 Å². The zero-order chi connectivity index (χ0) is 19.2. The topological polar surface area (TPSA) is 83.5 Å². The third-order valence-electron chi connectivity index (χ3n) is 4.51. The van der Waals surface area contributed by atoms with Crippen molar-refractivity contribution in [3.8, 4) is 5.88 Å². The van der Waals surface area contributed by atoms with E-state index in [-0.39, 0.29) is 12.1 Å². The van der Waals surface area contributed by atoms with E-state index in [1.54, 1.807) is 19.4 Å². The van der Waals surface area contributed by atoms with E-state index < -0.39 is 0 Å². The van der Waals surface area contributed by atoms with E-state index in [2.05, 4.69) is 25.2 Å². The van der Waals surface area contributed by atoms with Gasteiger partial charge >= 0.3 is 6.03 Å². The summed E-state index contributed by atoms with van der Waals surface area (Å²) in [5, 5.41) is 3.07. The number of carbonyl (C=O) groups is 1. The van der Waals surface area contributed by atoms with Gasteiger partial charge in [-0.3, -0.25) is 4.98 Å². The molecule has 2 aromatic rings. The number of urea groups is 1. The van der Waals surface area contributed by atoms with Crippen molar-refractivity contribution in [2.75, 3.05) is 38.2 Å². The summed E-state index contributed by atoms with van der Waals surface area (Å²) in [7, 11) is 1.59. The standard InChI is InChI=1S/C19H26N6O2/c1-14-5-4-6-16(21-14)13-15(2)22-19(26)25-11-9-24(10-12-25)18-20-8-7-17(23-18)27-3/h4-8,15H,9-13H2,1-3H3,(H,22,26)/t15-/m0/s1. The molecule has 1 saturated heterocycles. The maximum absolute atomic E-state index is 12.5. The second-order valence-corrected chi connectivity index (χ2v) is 6.70. The van der Waals surface area contributed by atoms with Crippen LogP contribution in [0.1, 0.15) is 18.3 Å². The molecule has 1 atom stereocenters. The first-order valence-electron chi connectivity index (χ1n) is 9.15. The number of ether oxygens (including phenoxy) is 1. The molecule has 0 unspecified atom stereocenters. The minimum Gasteiger partial charge on any atom is -0.481 e. The largest absolute Gasteiger partial charge is 0.481 e. The highest BCUT2D eigenvalue weighted by Gasteiger charge is 2.23. The maximum Gasteiger partial charge on any atom is 0.317 e. The van der Waals surface area contributed by atoms with Gasteiger partial charge in [0.25, 0.3) is 0 Å². The van der Waals surface area contributed by atoms with E-state index in [1.165, 1.54) is 0 Å². The van der Waals surface area contributed by atoms with E-state index in [0.717, 1.165) is 11.4 Å². The van der Waals surface area contributed by atoms with Crippen LogP contribution < -0.4 is 15.0 Å². The molecule has 8 nitrogen and oxygen atoms in total. The maximum atomic E-state index is 12.5. The molecule has 2 amide bonds. The Morgan fingerprint density at radius 3 is 2.70 bits per heavy atom. The van der Waals surface area contributed by atoms with Gasteiger partial charge in [-0.25, -0.2) is 9.78 Å². The molecule has 0 radical (unpaired) electrons. The molecular weight excluding hydrogens is 344 g/mol. The lowest BCUT2D eigenvalue weighted by atomic mass is 10.1. The smallest absolute Gasteiger partial charge is 0.317 e. The molecule has 0 bridgehead atoms. The third kappa shape index (κ3) is 5.06. The lowest BCUT2D eigenvalue weighted by Gasteiger charge is -2.35. The van der Waals surface area contributed by atoms with Crippen molar-refractivity contribution in [3.05, 3.63) is 41.9 Å². The Hall–Kier alpha value is -2.90. The zero-order valence-corrected chi connectivity index (χ0v) is 16.1. The van der Waals surface area contributed by atoms with Crippen LogP contribution in [0.2, 0.25) is 0 Å². The molecule has 0 aromatic carbocycles. The van der Waals surface area contributed by atoms with Gasteiger partial charge in [0, 0.05) is 62.3 Å².